The molecular formula is C17H13F2NO4S2. The van der Waals surface area contributed by atoms with Crippen molar-refractivity contribution in [3.8, 4) is 0 Å². The fraction of sp³-hybridized carbons (Fsp3) is 0.118. The SMILES string of the molecule is O=C(NCC(c1ccco1)S(=O)(=O)c1cccs1)c1c(F)cccc1F. The summed E-state index contributed by atoms with van der Waals surface area (Å²) in [6, 6.07) is 9.04. The summed E-state index contributed by atoms with van der Waals surface area (Å²) < 4.78 is 58.4. The molecule has 1 amide bonds. The Morgan fingerprint density at radius 3 is 2.42 bits per heavy atom. The van der Waals surface area contributed by atoms with E-state index in [0.717, 1.165) is 29.5 Å². The van der Waals surface area contributed by atoms with Crippen molar-refractivity contribution in [3.63, 3.8) is 0 Å². The Hall–Kier alpha value is -2.52. The van der Waals surface area contributed by atoms with Crippen molar-refractivity contribution in [1.29, 1.82) is 0 Å². The number of carbonyl (C=O) groups is 1. The molecule has 0 fully saturated rings. The van der Waals surface area contributed by atoms with Gasteiger partial charge < -0.3 is 9.73 Å². The van der Waals surface area contributed by atoms with Gasteiger partial charge >= 0.3 is 0 Å². The summed E-state index contributed by atoms with van der Waals surface area (Å²) >= 11 is 1.03. The zero-order chi connectivity index (χ0) is 18.7. The van der Waals surface area contributed by atoms with E-state index in [9.17, 15) is 22.0 Å². The minimum atomic E-state index is -3.86. The van der Waals surface area contributed by atoms with Crippen molar-refractivity contribution in [2.24, 2.45) is 0 Å². The van der Waals surface area contributed by atoms with Crippen LogP contribution in [0.5, 0.6) is 0 Å². The second kappa shape index (κ2) is 7.38. The first-order valence-electron chi connectivity index (χ1n) is 7.44. The molecular weight excluding hydrogens is 384 g/mol. The van der Waals surface area contributed by atoms with E-state index in [1.54, 1.807) is 11.4 Å². The highest BCUT2D eigenvalue weighted by Gasteiger charge is 2.33. The number of sulfone groups is 1. The number of furan rings is 1. The molecule has 1 aromatic carbocycles. The van der Waals surface area contributed by atoms with E-state index < -0.39 is 44.7 Å². The number of amides is 1. The Labute approximate surface area is 152 Å². The Balaban J connectivity index is 1.87. The quantitative estimate of drug-likeness (QED) is 0.690. The Morgan fingerprint density at radius 1 is 1.12 bits per heavy atom. The topological polar surface area (TPSA) is 76.4 Å². The lowest BCUT2D eigenvalue weighted by atomic mass is 10.2. The van der Waals surface area contributed by atoms with E-state index in [1.165, 1.54) is 24.5 Å². The summed E-state index contributed by atoms with van der Waals surface area (Å²) in [4.78, 5) is 12.2. The van der Waals surface area contributed by atoms with Crippen molar-refractivity contribution in [1.82, 2.24) is 5.32 Å². The normalized spacial score (nSPS) is 12.7. The maximum absolute atomic E-state index is 13.7. The van der Waals surface area contributed by atoms with Crippen molar-refractivity contribution >= 4 is 27.1 Å². The van der Waals surface area contributed by atoms with Crippen LogP contribution in [0.4, 0.5) is 8.78 Å². The summed E-state index contributed by atoms with van der Waals surface area (Å²) in [5.74, 6) is -2.98. The van der Waals surface area contributed by atoms with Crippen molar-refractivity contribution in [3.05, 3.63) is 77.1 Å². The molecule has 2 aromatic heterocycles. The molecule has 0 saturated heterocycles. The van der Waals surface area contributed by atoms with Gasteiger partial charge in [-0.05, 0) is 35.7 Å². The molecule has 1 atom stereocenters. The number of rotatable bonds is 6. The first-order valence-corrected chi connectivity index (χ1v) is 9.87. The number of hydrogen-bond donors (Lipinski definition) is 1. The van der Waals surface area contributed by atoms with Gasteiger partial charge in [0.15, 0.2) is 9.84 Å². The van der Waals surface area contributed by atoms with Gasteiger partial charge in [-0.25, -0.2) is 17.2 Å². The van der Waals surface area contributed by atoms with E-state index in [0.29, 0.717) is 0 Å². The van der Waals surface area contributed by atoms with Crippen LogP contribution < -0.4 is 5.32 Å². The molecule has 0 aliphatic carbocycles. The van der Waals surface area contributed by atoms with E-state index in [-0.39, 0.29) is 9.97 Å². The lowest BCUT2D eigenvalue weighted by molar-refractivity contribution is 0.0945. The third-order valence-electron chi connectivity index (χ3n) is 3.65. The highest BCUT2D eigenvalue weighted by Crippen LogP contribution is 2.31. The van der Waals surface area contributed by atoms with Gasteiger partial charge in [0.2, 0.25) is 0 Å². The van der Waals surface area contributed by atoms with Crippen LogP contribution in [0, 0.1) is 11.6 Å². The van der Waals surface area contributed by atoms with Crippen molar-refractivity contribution in [2.45, 2.75) is 9.46 Å². The van der Waals surface area contributed by atoms with Gasteiger partial charge in [0.25, 0.3) is 5.91 Å². The molecule has 26 heavy (non-hydrogen) atoms. The van der Waals surface area contributed by atoms with Crippen LogP contribution in [0.1, 0.15) is 21.4 Å². The van der Waals surface area contributed by atoms with Crippen LogP contribution in [-0.2, 0) is 9.84 Å². The second-order valence-corrected chi connectivity index (χ2v) is 8.59. The second-order valence-electron chi connectivity index (χ2n) is 5.29. The van der Waals surface area contributed by atoms with Crippen molar-refractivity contribution < 1.29 is 26.4 Å². The molecule has 9 heteroatoms. The van der Waals surface area contributed by atoms with Gasteiger partial charge in [0.1, 0.15) is 32.4 Å². The van der Waals surface area contributed by atoms with E-state index in [4.69, 9.17) is 4.42 Å². The summed E-state index contributed by atoms with van der Waals surface area (Å²) in [6.07, 6.45) is 1.31. The maximum Gasteiger partial charge on any atom is 0.257 e. The van der Waals surface area contributed by atoms with Crippen LogP contribution in [-0.4, -0.2) is 20.9 Å². The van der Waals surface area contributed by atoms with Crippen LogP contribution >= 0.6 is 11.3 Å². The number of benzene rings is 1. The average Bonchev–Trinajstić information content (AvgIpc) is 3.29. The number of carbonyl (C=O) groups excluding carboxylic acids is 1. The zero-order valence-corrected chi connectivity index (χ0v) is 14.8. The summed E-state index contributed by atoms with van der Waals surface area (Å²) in [6.45, 7) is -0.402. The third-order valence-corrected chi connectivity index (χ3v) is 7.14. The molecule has 2 heterocycles. The molecule has 0 aliphatic rings. The number of nitrogens with one attached hydrogen (secondary N) is 1. The maximum atomic E-state index is 13.7. The largest absolute Gasteiger partial charge is 0.468 e. The molecule has 0 spiro atoms. The van der Waals surface area contributed by atoms with Crippen LogP contribution in [0.3, 0.4) is 0 Å². The van der Waals surface area contributed by atoms with Gasteiger partial charge in [0.05, 0.1) is 6.26 Å². The van der Waals surface area contributed by atoms with Crippen molar-refractivity contribution in [2.75, 3.05) is 6.54 Å². The lowest BCUT2D eigenvalue weighted by Gasteiger charge is -2.16. The molecule has 0 radical (unpaired) electrons. The van der Waals surface area contributed by atoms with Gasteiger partial charge in [0, 0.05) is 6.54 Å². The van der Waals surface area contributed by atoms with E-state index in [2.05, 4.69) is 5.32 Å². The Kier molecular flexibility index (Phi) is 5.19. The molecule has 136 valence electrons. The first kappa shape index (κ1) is 18.3. The Morgan fingerprint density at radius 2 is 1.85 bits per heavy atom. The average molecular weight is 397 g/mol. The minimum absolute atomic E-state index is 0.102. The Bertz CT molecular complexity index is 979. The van der Waals surface area contributed by atoms with Crippen LogP contribution in [0.15, 0.2) is 62.7 Å². The number of hydrogen-bond acceptors (Lipinski definition) is 5. The van der Waals surface area contributed by atoms with E-state index >= 15 is 0 Å². The summed E-state index contributed by atoms with van der Waals surface area (Å²) in [5.41, 5.74) is -0.765. The molecule has 0 bridgehead atoms. The van der Waals surface area contributed by atoms with Crippen LogP contribution in [0.25, 0.3) is 0 Å². The van der Waals surface area contributed by atoms with E-state index in [1.807, 2.05) is 0 Å². The van der Waals surface area contributed by atoms with Gasteiger partial charge in [-0.2, -0.15) is 0 Å². The monoisotopic (exact) mass is 397 g/mol. The highest BCUT2D eigenvalue weighted by atomic mass is 32.2. The first-order chi connectivity index (χ1) is 12.4. The molecule has 0 saturated carbocycles. The standard InChI is InChI=1S/C17H13F2NO4S2/c18-11-4-1-5-12(19)16(11)17(21)20-10-14(13-6-2-8-24-13)26(22,23)15-7-3-9-25-15/h1-9,14H,10H2,(H,20,21). The number of halogens is 2. The number of thiophene rings is 1. The molecule has 5 nitrogen and oxygen atoms in total. The fourth-order valence-corrected chi connectivity index (χ4v) is 5.18. The molecule has 3 aromatic rings. The predicted molar refractivity (Wildman–Crippen MR) is 91.6 cm³/mol. The van der Waals surface area contributed by atoms with Gasteiger partial charge in [-0.1, -0.05) is 12.1 Å². The predicted octanol–water partition coefficient (Wildman–Crippen LogP) is 3.56. The fourth-order valence-electron chi connectivity index (χ4n) is 2.39. The molecule has 1 N–H and O–H groups in total. The molecule has 0 aliphatic heterocycles. The van der Waals surface area contributed by atoms with Gasteiger partial charge in [-0.3, -0.25) is 4.79 Å². The van der Waals surface area contributed by atoms with Gasteiger partial charge in [-0.15, -0.1) is 11.3 Å². The smallest absolute Gasteiger partial charge is 0.257 e. The third kappa shape index (κ3) is 3.54. The zero-order valence-electron chi connectivity index (χ0n) is 13.2. The molecule has 1 unspecified atom stereocenters. The highest BCUT2D eigenvalue weighted by molar-refractivity contribution is 7.93. The summed E-state index contributed by atoms with van der Waals surface area (Å²) in [5, 5.41) is 2.67. The lowest BCUT2D eigenvalue weighted by Crippen LogP contribution is -2.32. The minimum Gasteiger partial charge on any atom is -0.468 e. The summed E-state index contributed by atoms with van der Waals surface area (Å²) in [7, 11) is -3.86. The molecule has 3 rings (SSSR count). The van der Waals surface area contributed by atoms with Crippen LogP contribution in [0.2, 0.25) is 0 Å².